The number of likely N-dealkylation sites (tertiary alicyclic amines) is 1. The van der Waals surface area contributed by atoms with E-state index in [4.69, 9.17) is 0 Å². The van der Waals surface area contributed by atoms with Crippen molar-refractivity contribution in [3.05, 3.63) is 29.3 Å². The van der Waals surface area contributed by atoms with Gasteiger partial charge in [-0.25, -0.2) is 0 Å². The highest BCUT2D eigenvalue weighted by molar-refractivity contribution is 5.97. The van der Waals surface area contributed by atoms with Crippen molar-refractivity contribution >= 4 is 17.5 Å². The monoisotopic (exact) mass is 300 g/mol. The van der Waals surface area contributed by atoms with Crippen LogP contribution >= 0.6 is 0 Å². The van der Waals surface area contributed by atoms with Gasteiger partial charge >= 0.3 is 0 Å². The summed E-state index contributed by atoms with van der Waals surface area (Å²) < 4.78 is 0. The molecule has 118 valence electrons. The van der Waals surface area contributed by atoms with Gasteiger partial charge in [-0.3, -0.25) is 9.59 Å². The Balaban J connectivity index is 1.70. The van der Waals surface area contributed by atoms with Crippen LogP contribution in [0.2, 0.25) is 0 Å². The Hall–Kier alpha value is -1.84. The number of nitrogens with zero attached hydrogens (tertiary/aromatic N) is 1. The number of carbonyl (C=O) groups is 2. The van der Waals surface area contributed by atoms with Gasteiger partial charge in [0.1, 0.15) is 0 Å². The summed E-state index contributed by atoms with van der Waals surface area (Å²) in [6, 6.07) is 5.58. The molecule has 2 amide bonds. The maximum atomic E-state index is 12.6. The number of hydrogen-bond donors (Lipinski definition) is 1. The van der Waals surface area contributed by atoms with Crippen LogP contribution in [0.1, 0.15) is 48.5 Å². The van der Waals surface area contributed by atoms with Gasteiger partial charge in [0.25, 0.3) is 5.91 Å². The SMILES string of the molecule is Cc1cc(C(=O)N2CCCC(C)C2)ccc1NC(=O)C1CC1. The molecule has 1 unspecified atom stereocenters. The van der Waals surface area contributed by atoms with Crippen LogP contribution in [0.5, 0.6) is 0 Å². The lowest BCUT2D eigenvalue weighted by Crippen LogP contribution is -2.39. The van der Waals surface area contributed by atoms with Crippen LogP contribution in [0.15, 0.2) is 18.2 Å². The molecule has 22 heavy (non-hydrogen) atoms. The average Bonchev–Trinajstić information content (AvgIpc) is 3.33. The third-order valence-corrected chi connectivity index (χ3v) is 4.62. The molecule has 1 heterocycles. The average molecular weight is 300 g/mol. The first-order chi connectivity index (χ1) is 10.5. The van der Waals surface area contributed by atoms with E-state index in [2.05, 4.69) is 12.2 Å². The molecule has 0 radical (unpaired) electrons. The van der Waals surface area contributed by atoms with E-state index in [0.717, 1.165) is 49.2 Å². The van der Waals surface area contributed by atoms with E-state index in [1.54, 1.807) is 0 Å². The Morgan fingerprint density at radius 2 is 2.00 bits per heavy atom. The van der Waals surface area contributed by atoms with Gasteiger partial charge in [-0.05, 0) is 62.3 Å². The van der Waals surface area contributed by atoms with Crippen molar-refractivity contribution in [3.63, 3.8) is 0 Å². The van der Waals surface area contributed by atoms with Crippen LogP contribution in [-0.4, -0.2) is 29.8 Å². The maximum absolute atomic E-state index is 12.6. The fourth-order valence-electron chi connectivity index (χ4n) is 3.07. The van der Waals surface area contributed by atoms with Crippen molar-refractivity contribution < 1.29 is 9.59 Å². The maximum Gasteiger partial charge on any atom is 0.253 e. The molecule has 0 aromatic heterocycles. The smallest absolute Gasteiger partial charge is 0.253 e. The lowest BCUT2D eigenvalue weighted by atomic mass is 9.99. The van der Waals surface area contributed by atoms with E-state index in [1.165, 1.54) is 6.42 Å². The molecule has 1 saturated carbocycles. The number of rotatable bonds is 3. The van der Waals surface area contributed by atoms with Gasteiger partial charge in [0.05, 0.1) is 0 Å². The molecule has 1 N–H and O–H groups in total. The highest BCUT2D eigenvalue weighted by Crippen LogP contribution is 2.31. The first-order valence-corrected chi connectivity index (χ1v) is 8.25. The summed E-state index contributed by atoms with van der Waals surface area (Å²) in [5.74, 6) is 0.980. The van der Waals surface area contributed by atoms with Gasteiger partial charge in [-0.1, -0.05) is 6.92 Å². The summed E-state index contributed by atoms with van der Waals surface area (Å²) in [5.41, 5.74) is 2.49. The highest BCUT2D eigenvalue weighted by Gasteiger charge is 2.30. The minimum absolute atomic E-state index is 0.104. The van der Waals surface area contributed by atoms with E-state index >= 15 is 0 Å². The summed E-state index contributed by atoms with van der Waals surface area (Å²) in [6.45, 7) is 5.83. The number of benzene rings is 1. The molecule has 1 atom stereocenters. The quantitative estimate of drug-likeness (QED) is 0.932. The second kappa shape index (κ2) is 6.11. The first kappa shape index (κ1) is 15.1. The Labute approximate surface area is 131 Å². The molecule has 4 heteroatoms. The largest absolute Gasteiger partial charge is 0.338 e. The predicted molar refractivity (Wildman–Crippen MR) is 86.8 cm³/mol. The van der Waals surface area contributed by atoms with E-state index in [9.17, 15) is 9.59 Å². The number of nitrogens with one attached hydrogen (secondary N) is 1. The molecule has 2 aliphatic rings. The molecular weight excluding hydrogens is 276 g/mol. The first-order valence-electron chi connectivity index (χ1n) is 8.25. The number of piperidine rings is 1. The van der Waals surface area contributed by atoms with Crippen molar-refractivity contribution in [2.24, 2.45) is 11.8 Å². The zero-order chi connectivity index (χ0) is 15.7. The van der Waals surface area contributed by atoms with Gasteiger partial charge < -0.3 is 10.2 Å². The summed E-state index contributed by atoms with van der Waals surface area (Å²) in [4.78, 5) is 26.4. The Morgan fingerprint density at radius 3 is 2.64 bits per heavy atom. The molecule has 1 aromatic carbocycles. The van der Waals surface area contributed by atoms with Crippen LogP contribution in [0, 0.1) is 18.8 Å². The van der Waals surface area contributed by atoms with Crippen molar-refractivity contribution in [2.75, 3.05) is 18.4 Å². The molecule has 4 nitrogen and oxygen atoms in total. The van der Waals surface area contributed by atoms with Crippen molar-refractivity contribution in [3.8, 4) is 0 Å². The normalized spacial score (nSPS) is 21.5. The number of hydrogen-bond acceptors (Lipinski definition) is 2. The molecule has 0 spiro atoms. The lowest BCUT2D eigenvalue weighted by molar-refractivity contribution is -0.117. The van der Waals surface area contributed by atoms with E-state index in [-0.39, 0.29) is 17.7 Å². The van der Waals surface area contributed by atoms with Crippen LogP contribution in [0.25, 0.3) is 0 Å². The number of aryl methyl sites for hydroxylation is 1. The van der Waals surface area contributed by atoms with E-state index < -0.39 is 0 Å². The third-order valence-electron chi connectivity index (χ3n) is 4.62. The predicted octanol–water partition coefficient (Wildman–Crippen LogP) is 3.22. The number of anilines is 1. The van der Waals surface area contributed by atoms with Gasteiger partial charge in [-0.2, -0.15) is 0 Å². The molecule has 1 aromatic rings. The fourth-order valence-corrected chi connectivity index (χ4v) is 3.07. The van der Waals surface area contributed by atoms with Crippen molar-refractivity contribution in [2.45, 2.75) is 39.5 Å². The van der Waals surface area contributed by atoms with Gasteiger partial charge in [0.15, 0.2) is 0 Å². The molecule has 1 aliphatic carbocycles. The van der Waals surface area contributed by atoms with E-state index in [0.29, 0.717) is 5.92 Å². The van der Waals surface area contributed by atoms with Gasteiger partial charge in [-0.15, -0.1) is 0 Å². The van der Waals surface area contributed by atoms with Crippen molar-refractivity contribution in [1.29, 1.82) is 0 Å². The van der Waals surface area contributed by atoms with Crippen LogP contribution in [-0.2, 0) is 4.79 Å². The molecule has 2 fully saturated rings. The second-order valence-electron chi connectivity index (χ2n) is 6.79. The lowest BCUT2D eigenvalue weighted by Gasteiger charge is -2.31. The van der Waals surface area contributed by atoms with Crippen LogP contribution < -0.4 is 5.32 Å². The molecule has 3 rings (SSSR count). The van der Waals surface area contributed by atoms with Crippen LogP contribution in [0.3, 0.4) is 0 Å². The number of carbonyl (C=O) groups excluding carboxylic acids is 2. The summed E-state index contributed by atoms with van der Waals surface area (Å²) in [5, 5.41) is 2.96. The topological polar surface area (TPSA) is 49.4 Å². The standard InChI is InChI=1S/C18H24N2O2/c1-12-4-3-9-20(11-12)18(22)15-7-8-16(13(2)10-15)19-17(21)14-5-6-14/h7-8,10,12,14H,3-6,9,11H2,1-2H3,(H,19,21). The van der Waals surface area contributed by atoms with Gasteiger partial charge in [0, 0.05) is 30.3 Å². The Bertz CT molecular complexity index is 593. The summed E-state index contributed by atoms with van der Waals surface area (Å²) in [7, 11) is 0. The molecule has 0 bridgehead atoms. The zero-order valence-corrected chi connectivity index (χ0v) is 13.4. The highest BCUT2D eigenvalue weighted by atomic mass is 16.2. The second-order valence-corrected chi connectivity index (χ2v) is 6.79. The minimum atomic E-state index is 0.104. The Kier molecular flexibility index (Phi) is 4.19. The van der Waals surface area contributed by atoms with Crippen LogP contribution in [0.4, 0.5) is 5.69 Å². The molecule has 1 saturated heterocycles. The third kappa shape index (κ3) is 3.32. The van der Waals surface area contributed by atoms with Crippen molar-refractivity contribution in [1.82, 2.24) is 4.90 Å². The number of amides is 2. The Morgan fingerprint density at radius 1 is 1.23 bits per heavy atom. The fraction of sp³-hybridized carbons (Fsp3) is 0.556. The van der Waals surface area contributed by atoms with E-state index in [1.807, 2.05) is 30.0 Å². The molecule has 1 aliphatic heterocycles. The zero-order valence-electron chi connectivity index (χ0n) is 13.4. The molecular formula is C18H24N2O2. The van der Waals surface area contributed by atoms with Gasteiger partial charge in [0.2, 0.25) is 5.91 Å². The summed E-state index contributed by atoms with van der Waals surface area (Å²) in [6.07, 6.45) is 4.28. The minimum Gasteiger partial charge on any atom is -0.338 e. The summed E-state index contributed by atoms with van der Waals surface area (Å²) >= 11 is 0.